The molecule has 2 aliphatic rings. The topological polar surface area (TPSA) is 149 Å². The Morgan fingerprint density at radius 3 is 1.90 bits per heavy atom. The van der Waals surface area contributed by atoms with Gasteiger partial charge in [-0.2, -0.15) is 9.97 Å². The number of nitrogens with zero attached hydrogens (tertiary/aromatic N) is 6. The maximum atomic E-state index is 13.5. The molecule has 0 saturated heterocycles. The third-order valence-electron chi connectivity index (χ3n) is 6.22. The van der Waals surface area contributed by atoms with E-state index < -0.39 is 35.1 Å². The number of fused-ring (bicyclic) bond motifs is 1. The minimum Gasteiger partial charge on any atom is -0.443 e. The van der Waals surface area contributed by atoms with Gasteiger partial charge in [0.05, 0.1) is 12.4 Å². The van der Waals surface area contributed by atoms with E-state index in [9.17, 15) is 19.5 Å². The molecule has 2 heterocycles. The number of rotatable bonds is 5. The molecule has 0 aromatic carbocycles. The Hall–Kier alpha value is -3.74. The van der Waals surface area contributed by atoms with Gasteiger partial charge in [0.15, 0.2) is 17.0 Å². The highest BCUT2D eigenvalue weighted by Gasteiger charge is 2.41. The minimum absolute atomic E-state index is 0.00964. The van der Waals surface area contributed by atoms with Crippen molar-refractivity contribution in [1.82, 2.24) is 19.5 Å². The summed E-state index contributed by atoms with van der Waals surface area (Å²) in [5.41, 5.74) is -2.10. The lowest BCUT2D eigenvalue weighted by Gasteiger charge is -2.29. The molecule has 0 radical (unpaired) electrons. The summed E-state index contributed by atoms with van der Waals surface area (Å²) in [7, 11) is 0. The van der Waals surface area contributed by atoms with Gasteiger partial charge in [0, 0.05) is 18.6 Å². The lowest BCUT2D eigenvalue weighted by molar-refractivity contribution is 0.0426. The average molecular weight is 587 g/mol. The van der Waals surface area contributed by atoms with Crippen molar-refractivity contribution in [3.8, 4) is 0 Å². The SMILES string of the molecule is CC(C)(C)OC(=O)N(C(=O)OC(C)(C)C)c1nc(N(C(=O)OC(C)(C)C)C2CC2)c2ncn([C@H]3C=C[C@@H](CO)C3)c2n1. The first-order chi connectivity index (χ1) is 19.4. The van der Waals surface area contributed by atoms with E-state index in [-0.39, 0.29) is 42.0 Å². The summed E-state index contributed by atoms with van der Waals surface area (Å²) >= 11 is 0. The van der Waals surface area contributed by atoms with Gasteiger partial charge < -0.3 is 23.9 Å². The Morgan fingerprint density at radius 1 is 0.881 bits per heavy atom. The maximum Gasteiger partial charge on any atom is 0.427 e. The van der Waals surface area contributed by atoms with Crippen molar-refractivity contribution < 1.29 is 33.7 Å². The molecule has 13 heteroatoms. The molecule has 13 nitrogen and oxygen atoms in total. The number of aliphatic hydroxyl groups is 1. The molecule has 1 N–H and O–H groups in total. The molecule has 1 fully saturated rings. The minimum atomic E-state index is -1.04. The highest BCUT2D eigenvalue weighted by molar-refractivity contribution is 6.09. The zero-order valence-electron chi connectivity index (χ0n) is 25.9. The first-order valence-electron chi connectivity index (χ1n) is 14.2. The standard InChI is InChI=1S/C29H42N6O7/c1-27(2,3)40-24(37)34(18-12-13-18)22-20-21(33(16-30-20)19-11-10-17(14-19)15-36)31-23(32-22)35(25(38)41-28(4,5)6)26(39)42-29(7,8)9/h10-11,16-19,36H,12-15H2,1-9H3/t17-,19+/m1/s1. The van der Waals surface area contributed by atoms with E-state index >= 15 is 0 Å². The highest BCUT2D eigenvalue weighted by Crippen LogP contribution is 2.38. The van der Waals surface area contributed by atoms with E-state index in [2.05, 4.69) is 15.0 Å². The number of ether oxygens (including phenoxy) is 3. The van der Waals surface area contributed by atoms with Gasteiger partial charge in [-0.3, -0.25) is 4.90 Å². The van der Waals surface area contributed by atoms with Crippen molar-refractivity contribution in [2.75, 3.05) is 16.4 Å². The number of aromatic nitrogens is 4. The van der Waals surface area contributed by atoms with Crippen LogP contribution in [0, 0.1) is 5.92 Å². The van der Waals surface area contributed by atoms with Crippen molar-refractivity contribution in [2.24, 2.45) is 5.92 Å². The van der Waals surface area contributed by atoms with Crippen molar-refractivity contribution in [2.45, 2.75) is 110 Å². The molecule has 0 bridgehead atoms. The van der Waals surface area contributed by atoms with Gasteiger partial charge >= 0.3 is 18.3 Å². The Morgan fingerprint density at radius 2 is 1.43 bits per heavy atom. The van der Waals surface area contributed by atoms with Gasteiger partial charge in [0.25, 0.3) is 0 Å². The zero-order valence-corrected chi connectivity index (χ0v) is 25.9. The molecule has 2 aromatic heterocycles. The first kappa shape index (κ1) is 31.2. The highest BCUT2D eigenvalue weighted by atomic mass is 16.6. The van der Waals surface area contributed by atoms with Gasteiger partial charge in [-0.1, -0.05) is 12.2 Å². The summed E-state index contributed by atoms with van der Waals surface area (Å²) in [6, 6.07) is -0.423. The molecular formula is C29H42N6O7. The smallest absolute Gasteiger partial charge is 0.427 e. The molecule has 42 heavy (non-hydrogen) atoms. The van der Waals surface area contributed by atoms with Gasteiger partial charge in [-0.15, -0.1) is 4.90 Å². The molecule has 3 amide bonds. The van der Waals surface area contributed by atoms with Crippen LogP contribution in [0.15, 0.2) is 18.5 Å². The van der Waals surface area contributed by atoms with Crippen molar-refractivity contribution in [1.29, 1.82) is 0 Å². The van der Waals surface area contributed by atoms with E-state index in [0.717, 1.165) is 0 Å². The number of carbonyl (C=O) groups is 3. The molecular weight excluding hydrogens is 544 g/mol. The lowest BCUT2D eigenvalue weighted by Crippen LogP contribution is -2.45. The molecule has 230 valence electrons. The number of imide groups is 1. The third-order valence-corrected chi connectivity index (χ3v) is 6.22. The normalized spacial score (nSPS) is 19.1. The Kier molecular flexibility index (Phi) is 8.29. The number of hydrogen-bond acceptors (Lipinski definition) is 10. The number of amides is 3. The van der Waals surface area contributed by atoms with Crippen LogP contribution >= 0.6 is 0 Å². The molecule has 0 aliphatic heterocycles. The van der Waals surface area contributed by atoms with Gasteiger partial charge in [-0.05, 0) is 81.6 Å². The average Bonchev–Trinajstić information content (AvgIpc) is 3.35. The van der Waals surface area contributed by atoms with Crippen molar-refractivity contribution >= 4 is 41.2 Å². The zero-order chi connectivity index (χ0) is 31.2. The third kappa shape index (κ3) is 7.36. The van der Waals surface area contributed by atoms with Crippen LogP contribution < -0.4 is 9.80 Å². The summed E-state index contributed by atoms with van der Waals surface area (Å²) in [6.45, 7) is 15.3. The second kappa shape index (κ2) is 11.2. The number of anilines is 2. The summed E-state index contributed by atoms with van der Waals surface area (Å²) in [6.07, 6.45) is 4.75. The maximum absolute atomic E-state index is 13.5. The molecule has 1 saturated carbocycles. The fourth-order valence-corrected chi connectivity index (χ4v) is 4.40. The van der Waals surface area contributed by atoms with Crippen LogP contribution in [0.25, 0.3) is 11.2 Å². The predicted molar refractivity (Wildman–Crippen MR) is 155 cm³/mol. The quantitative estimate of drug-likeness (QED) is 0.351. The summed E-state index contributed by atoms with van der Waals surface area (Å²) in [5.74, 6) is -0.279. The molecule has 0 unspecified atom stereocenters. The second-order valence-electron chi connectivity index (χ2n) is 13.7. The van der Waals surface area contributed by atoms with E-state index in [1.165, 1.54) is 4.90 Å². The Balaban J connectivity index is 1.93. The molecule has 2 atom stereocenters. The number of aliphatic hydroxyl groups excluding tert-OH is 1. The van der Waals surface area contributed by atoms with Gasteiger partial charge in [0.2, 0.25) is 5.95 Å². The van der Waals surface area contributed by atoms with Crippen molar-refractivity contribution in [3.05, 3.63) is 18.5 Å². The summed E-state index contributed by atoms with van der Waals surface area (Å²) in [5, 5.41) is 9.69. The van der Waals surface area contributed by atoms with Crippen LogP contribution in [0.4, 0.5) is 26.1 Å². The van der Waals surface area contributed by atoms with Crippen LogP contribution in [0.5, 0.6) is 0 Å². The molecule has 0 spiro atoms. The number of carbonyl (C=O) groups excluding carboxylic acids is 3. The van der Waals surface area contributed by atoms with Crippen LogP contribution in [-0.4, -0.2) is 72.4 Å². The van der Waals surface area contributed by atoms with Crippen molar-refractivity contribution in [3.63, 3.8) is 0 Å². The van der Waals surface area contributed by atoms with Gasteiger partial charge in [0.1, 0.15) is 16.8 Å². The largest absolute Gasteiger partial charge is 0.443 e. The Labute approximate surface area is 245 Å². The van der Waals surface area contributed by atoms with Crippen LogP contribution in [0.2, 0.25) is 0 Å². The number of allylic oxidation sites excluding steroid dienone is 1. The lowest BCUT2D eigenvalue weighted by atomic mass is 10.1. The van der Waals surface area contributed by atoms with E-state index in [4.69, 9.17) is 14.2 Å². The first-order valence-corrected chi connectivity index (χ1v) is 14.2. The van der Waals surface area contributed by atoms with Crippen LogP contribution in [0.3, 0.4) is 0 Å². The molecule has 4 rings (SSSR count). The predicted octanol–water partition coefficient (Wildman–Crippen LogP) is 5.52. The summed E-state index contributed by atoms with van der Waals surface area (Å²) < 4.78 is 18.6. The molecule has 2 aliphatic carbocycles. The summed E-state index contributed by atoms with van der Waals surface area (Å²) in [4.78, 5) is 56.4. The fourth-order valence-electron chi connectivity index (χ4n) is 4.40. The fraction of sp³-hybridized carbons (Fsp3) is 0.655. The van der Waals surface area contributed by atoms with E-state index in [1.807, 2.05) is 12.2 Å². The molecule has 2 aromatic rings. The van der Waals surface area contributed by atoms with E-state index in [1.54, 1.807) is 73.2 Å². The van der Waals surface area contributed by atoms with Crippen LogP contribution in [0.1, 0.15) is 87.6 Å². The van der Waals surface area contributed by atoms with Crippen LogP contribution in [-0.2, 0) is 14.2 Å². The monoisotopic (exact) mass is 586 g/mol. The van der Waals surface area contributed by atoms with E-state index in [0.29, 0.717) is 29.7 Å². The number of hydrogen-bond donors (Lipinski definition) is 1. The Bertz CT molecular complexity index is 1350. The second-order valence-corrected chi connectivity index (χ2v) is 13.7. The number of imidazole rings is 1. The van der Waals surface area contributed by atoms with Gasteiger partial charge in [-0.25, -0.2) is 19.4 Å².